The van der Waals surface area contributed by atoms with Crippen molar-refractivity contribution < 1.29 is 19.1 Å². The Morgan fingerprint density at radius 1 is 1.13 bits per heavy atom. The summed E-state index contributed by atoms with van der Waals surface area (Å²) in [7, 11) is 0. The maximum atomic E-state index is 13.6. The molecular formula is C23H22ClFN2O3. The fourth-order valence-electron chi connectivity index (χ4n) is 4.15. The summed E-state index contributed by atoms with van der Waals surface area (Å²) in [6, 6.07) is 10.6. The highest BCUT2D eigenvalue weighted by molar-refractivity contribution is 6.45. The lowest BCUT2D eigenvalue weighted by molar-refractivity contribution is -0.120. The van der Waals surface area contributed by atoms with Gasteiger partial charge in [0.2, 0.25) is 0 Å². The first-order valence-corrected chi connectivity index (χ1v) is 10.3. The Morgan fingerprint density at radius 3 is 2.57 bits per heavy atom. The number of aliphatic hydroxyl groups is 1. The molecule has 30 heavy (non-hydrogen) atoms. The molecule has 2 aromatic carbocycles. The average molecular weight is 429 g/mol. The van der Waals surface area contributed by atoms with E-state index in [4.69, 9.17) is 11.6 Å². The smallest absolute Gasteiger partial charge is 0.282 e. The van der Waals surface area contributed by atoms with E-state index in [0.29, 0.717) is 35.1 Å². The summed E-state index contributed by atoms with van der Waals surface area (Å²) in [5.74, 6) is -1.27. The number of anilines is 1. The number of halogens is 2. The molecule has 0 radical (unpaired) electrons. The fourth-order valence-corrected chi connectivity index (χ4v) is 4.31. The number of piperidine rings is 1. The maximum absolute atomic E-state index is 13.6. The Morgan fingerprint density at radius 2 is 1.87 bits per heavy atom. The molecule has 1 fully saturated rings. The number of aryl methyl sites for hydroxylation is 1. The number of amides is 2. The van der Waals surface area contributed by atoms with E-state index in [9.17, 15) is 19.1 Å². The van der Waals surface area contributed by atoms with Gasteiger partial charge in [0.15, 0.2) is 0 Å². The Bertz CT molecular complexity index is 1040. The van der Waals surface area contributed by atoms with Crippen molar-refractivity contribution in [2.45, 2.75) is 19.8 Å². The lowest BCUT2D eigenvalue weighted by Gasteiger charge is -2.34. The van der Waals surface area contributed by atoms with Gasteiger partial charge in [0.1, 0.15) is 11.5 Å². The van der Waals surface area contributed by atoms with Crippen molar-refractivity contribution in [2.75, 3.05) is 24.6 Å². The first-order valence-electron chi connectivity index (χ1n) is 9.91. The fraction of sp³-hybridized carbons (Fsp3) is 0.304. The molecule has 2 aliphatic rings. The number of carbonyl (C=O) groups excluding carboxylic acids is 2. The molecule has 0 spiro atoms. The van der Waals surface area contributed by atoms with E-state index in [1.807, 2.05) is 11.8 Å². The highest BCUT2D eigenvalue weighted by Crippen LogP contribution is 2.38. The molecule has 0 saturated carbocycles. The van der Waals surface area contributed by atoms with Gasteiger partial charge in [0.25, 0.3) is 11.8 Å². The summed E-state index contributed by atoms with van der Waals surface area (Å²) >= 11 is 6.14. The Labute approximate surface area is 179 Å². The molecule has 2 amide bonds. The number of likely N-dealkylation sites (tertiary alicyclic amines) is 1. The minimum atomic E-state index is -0.460. The van der Waals surface area contributed by atoms with Crippen LogP contribution in [0.4, 0.5) is 10.1 Å². The van der Waals surface area contributed by atoms with Gasteiger partial charge < -0.3 is 10.0 Å². The number of hydrogen-bond donors (Lipinski definition) is 1. The molecule has 2 aromatic rings. The van der Waals surface area contributed by atoms with Crippen LogP contribution in [0.2, 0.25) is 5.02 Å². The van der Waals surface area contributed by atoms with Crippen LogP contribution < -0.4 is 4.90 Å². The number of carbonyl (C=O) groups is 2. The van der Waals surface area contributed by atoms with Crippen molar-refractivity contribution >= 4 is 34.7 Å². The van der Waals surface area contributed by atoms with Crippen molar-refractivity contribution in [1.82, 2.24) is 4.90 Å². The average Bonchev–Trinajstić information content (AvgIpc) is 3.00. The van der Waals surface area contributed by atoms with Crippen LogP contribution in [-0.2, 0) is 9.59 Å². The zero-order chi connectivity index (χ0) is 21.4. The van der Waals surface area contributed by atoms with E-state index in [1.54, 1.807) is 18.2 Å². The van der Waals surface area contributed by atoms with Crippen molar-refractivity contribution in [1.29, 1.82) is 0 Å². The van der Waals surface area contributed by atoms with Gasteiger partial charge in [-0.3, -0.25) is 9.59 Å². The quantitative estimate of drug-likeness (QED) is 0.753. The number of rotatable bonds is 4. The van der Waals surface area contributed by atoms with E-state index in [2.05, 4.69) is 0 Å². The topological polar surface area (TPSA) is 60.9 Å². The minimum absolute atomic E-state index is 0.0227. The van der Waals surface area contributed by atoms with Gasteiger partial charge in [0, 0.05) is 24.7 Å². The molecule has 2 aliphatic heterocycles. The monoisotopic (exact) mass is 428 g/mol. The van der Waals surface area contributed by atoms with Crippen LogP contribution in [-0.4, -0.2) is 41.5 Å². The van der Waals surface area contributed by atoms with Crippen LogP contribution in [0.3, 0.4) is 0 Å². The van der Waals surface area contributed by atoms with Gasteiger partial charge in [-0.2, -0.15) is 0 Å². The maximum Gasteiger partial charge on any atom is 0.282 e. The van der Waals surface area contributed by atoms with Crippen LogP contribution in [0.25, 0.3) is 5.57 Å². The molecule has 5 nitrogen and oxygen atoms in total. The lowest BCUT2D eigenvalue weighted by atomic mass is 9.97. The number of benzene rings is 2. The zero-order valence-electron chi connectivity index (χ0n) is 16.6. The molecule has 0 aromatic heterocycles. The van der Waals surface area contributed by atoms with E-state index in [-0.39, 0.29) is 18.1 Å². The van der Waals surface area contributed by atoms with Gasteiger partial charge in [-0.15, -0.1) is 0 Å². The number of hydrogen-bond acceptors (Lipinski definition) is 4. The van der Waals surface area contributed by atoms with Gasteiger partial charge in [-0.05, 0) is 61.1 Å². The van der Waals surface area contributed by atoms with Gasteiger partial charge in [-0.25, -0.2) is 9.29 Å². The van der Waals surface area contributed by atoms with Gasteiger partial charge >= 0.3 is 0 Å². The second-order valence-corrected chi connectivity index (χ2v) is 8.18. The predicted octanol–water partition coefficient (Wildman–Crippen LogP) is 3.78. The van der Waals surface area contributed by atoms with Crippen LogP contribution >= 0.6 is 11.6 Å². The number of nitrogens with zero attached hydrogens (tertiary/aromatic N) is 2. The molecule has 2 heterocycles. The Kier molecular flexibility index (Phi) is 5.62. The second-order valence-electron chi connectivity index (χ2n) is 7.74. The Hall–Kier alpha value is -2.70. The van der Waals surface area contributed by atoms with E-state index in [0.717, 1.165) is 23.3 Å². The molecule has 1 saturated heterocycles. The molecule has 1 unspecified atom stereocenters. The van der Waals surface area contributed by atoms with Gasteiger partial charge in [-0.1, -0.05) is 29.8 Å². The van der Waals surface area contributed by atoms with Crippen LogP contribution in [0.1, 0.15) is 24.0 Å². The molecule has 0 bridgehead atoms. The summed E-state index contributed by atoms with van der Waals surface area (Å²) in [5.41, 5.74) is 2.20. The highest BCUT2D eigenvalue weighted by atomic mass is 35.5. The summed E-state index contributed by atoms with van der Waals surface area (Å²) in [5, 5.41) is 10.0. The molecule has 4 rings (SSSR count). The first kappa shape index (κ1) is 20.6. The van der Waals surface area contributed by atoms with Crippen LogP contribution in [0.5, 0.6) is 0 Å². The predicted molar refractivity (Wildman–Crippen MR) is 113 cm³/mol. The normalized spacial score (nSPS) is 19.8. The first-order chi connectivity index (χ1) is 14.4. The zero-order valence-corrected chi connectivity index (χ0v) is 17.3. The third-order valence-electron chi connectivity index (χ3n) is 5.70. The van der Waals surface area contributed by atoms with Crippen molar-refractivity contribution in [2.24, 2.45) is 5.92 Å². The van der Waals surface area contributed by atoms with Crippen molar-refractivity contribution in [3.8, 4) is 0 Å². The molecular weight excluding hydrogens is 407 g/mol. The van der Waals surface area contributed by atoms with E-state index < -0.39 is 17.6 Å². The molecule has 1 atom stereocenters. The van der Waals surface area contributed by atoms with Gasteiger partial charge in [0.05, 0.1) is 11.3 Å². The lowest BCUT2D eigenvalue weighted by Crippen LogP contribution is -2.40. The molecule has 0 aliphatic carbocycles. The summed E-state index contributed by atoms with van der Waals surface area (Å²) in [6.45, 7) is 2.93. The minimum Gasteiger partial charge on any atom is -0.396 e. The highest BCUT2D eigenvalue weighted by Gasteiger charge is 2.43. The third kappa shape index (κ3) is 3.61. The second kappa shape index (κ2) is 8.20. The van der Waals surface area contributed by atoms with Crippen molar-refractivity contribution in [3.63, 3.8) is 0 Å². The Balaban J connectivity index is 1.84. The van der Waals surface area contributed by atoms with Crippen LogP contribution in [0.15, 0.2) is 48.2 Å². The summed E-state index contributed by atoms with van der Waals surface area (Å²) in [4.78, 5) is 30.1. The summed E-state index contributed by atoms with van der Waals surface area (Å²) < 4.78 is 13.5. The largest absolute Gasteiger partial charge is 0.396 e. The third-order valence-corrected chi connectivity index (χ3v) is 5.93. The molecule has 156 valence electrons. The molecule has 7 heteroatoms. The molecule has 1 N–H and O–H groups in total. The van der Waals surface area contributed by atoms with Crippen LogP contribution in [0, 0.1) is 18.7 Å². The SMILES string of the molecule is Cc1ccc(Cl)cc1N1C(=O)C(c2ccc(F)cc2)=C(N2CCCC(CO)C2)C1=O. The van der Waals surface area contributed by atoms with Crippen molar-refractivity contribution in [3.05, 3.63) is 70.1 Å². The van der Waals surface area contributed by atoms with E-state index in [1.165, 1.54) is 24.3 Å². The summed E-state index contributed by atoms with van der Waals surface area (Å²) in [6.07, 6.45) is 1.68. The van der Waals surface area contributed by atoms with E-state index >= 15 is 0 Å². The number of aliphatic hydroxyl groups excluding tert-OH is 1. The number of imide groups is 1. The standard InChI is InChI=1S/C23H22ClFN2O3/c1-14-4-7-17(24)11-19(14)27-22(29)20(16-5-8-18(25)9-6-16)21(23(27)30)26-10-2-3-15(12-26)13-28/h4-9,11,15,28H,2-3,10,12-13H2,1H3.